The third-order valence-corrected chi connectivity index (χ3v) is 5.17. The van der Waals surface area contributed by atoms with Gasteiger partial charge in [0, 0.05) is 22.8 Å². The van der Waals surface area contributed by atoms with Crippen molar-refractivity contribution in [3.05, 3.63) is 88.5 Å². The quantitative estimate of drug-likeness (QED) is 0.705. The van der Waals surface area contributed by atoms with Crippen molar-refractivity contribution in [2.75, 3.05) is 7.11 Å². The van der Waals surface area contributed by atoms with Gasteiger partial charge in [0.25, 0.3) is 0 Å². The Morgan fingerprint density at radius 3 is 2.48 bits per heavy atom. The van der Waals surface area contributed by atoms with Crippen LogP contribution >= 0.6 is 0 Å². The smallest absolute Gasteiger partial charge is 0.340 e. The van der Waals surface area contributed by atoms with E-state index in [1.165, 1.54) is 0 Å². The van der Waals surface area contributed by atoms with Crippen LogP contribution in [-0.2, 0) is 16.9 Å². The molecular formula is C22H16O5. The predicted octanol–water partition coefficient (Wildman–Crippen LogP) is 3.76. The lowest BCUT2D eigenvalue weighted by atomic mass is 9.77. The molecule has 0 aromatic heterocycles. The molecule has 3 aromatic carbocycles. The number of fused-ring (bicyclic) bond motifs is 6. The average molecular weight is 360 g/mol. The van der Waals surface area contributed by atoms with E-state index in [1.807, 2.05) is 42.5 Å². The Balaban J connectivity index is 1.86. The van der Waals surface area contributed by atoms with Crippen LogP contribution in [0.4, 0.5) is 0 Å². The zero-order chi connectivity index (χ0) is 18.6. The molecule has 0 bridgehead atoms. The number of benzene rings is 3. The second kappa shape index (κ2) is 5.59. The van der Waals surface area contributed by atoms with Crippen LogP contribution in [-0.4, -0.2) is 18.2 Å². The molecule has 1 atom stereocenters. The Morgan fingerprint density at radius 1 is 0.963 bits per heavy atom. The van der Waals surface area contributed by atoms with Crippen molar-refractivity contribution in [2.24, 2.45) is 0 Å². The zero-order valence-corrected chi connectivity index (χ0v) is 14.6. The maximum atomic E-state index is 12.7. The predicted molar refractivity (Wildman–Crippen MR) is 97.2 cm³/mol. The van der Waals surface area contributed by atoms with Gasteiger partial charge in [0.2, 0.25) is 0 Å². The summed E-state index contributed by atoms with van der Waals surface area (Å²) in [6, 6.07) is 18.3. The highest BCUT2D eigenvalue weighted by molar-refractivity contribution is 5.97. The van der Waals surface area contributed by atoms with Gasteiger partial charge in [-0.2, -0.15) is 0 Å². The molecule has 0 amide bonds. The van der Waals surface area contributed by atoms with Crippen molar-refractivity contribution in [3.63, 3.8) is 0 Å². The van der Waals surface area contributed by atoms with Crippen LogP contribution in [0.15, 0.2) is 60.7 Å². The summed E-state index contributed by atoms with van der Waals surface area (Å²) in [5, 5.41) is 9.51. The average Bonchev–Trinajstić information content (AvgIpc) is 3.01. The molecule has 0 aliphatic carbocycles. The number of carbonyl (C=O) groups is 1. The normalized spacial score (nSPS) is 19.0. The van der Waals surface area contributed by atoms with E-state index in [0.29, 0.717) is 28.4 Å². The Labute approximate surface area is 155 Å². The lowest BCUT2D eigenvalue weighted by Gasteiger charge is -2.36. The number of esters is 1. The van der Waals surface area contributed by atoms with Gasteiger partial charge in [0.05, 0.1) is 19.3 Å². The van der Waals surface area contributed by atoms with Gasteiger partial charge in [-0.3, -0.25) is 0 Å². The Bertz CT molecular complexity index is 1030. The number of aliphatic hydroxyl groups is 1. The number of methoxy groups -OCH3 is 1. The van der Waals surface area contributed by atoms with E-state index in [9.17, 15) is 9.90 Å². The van der Waals surface area contributed by atoms with Crippen molar-refractivity contribution in [2.45, 2.75) is 12.2 Å². The zero-order valence-electron chi connectivity index (χ0n) is 14.6. The fourth-order valence-electron chi connectivity index (χ4n) is 3.93. The maximum absolute atomic E-state index is 12.7. The molecule has 2 heterocycles. The fraction of sp³-hybridized carbons (Fsp3) is 0.136. The number of aliphatic hydroxyl groups excluding tert-OH is 1. The second-order valence-electron chi connectivity index (χ2n) is 6.57. The summed E-state index contributed by atoms with van der Waals surface area (Å²) >= 11 is 0. The first-order valence-corrected chi connectivity index (χ1v) is 8.61. The summed E-state index contributed by atoms with van der Waals surface area (Å²) in [5.41, 5.74) is 2.42. The van der Waals surface area contributed by atoms with Crippen LogP contribution in [0.2, 0.25) is 0 Å². The molecule has 0 saturated heterocycles. The standard InChI is InChI=1S/C22H16O5/c1-25-14-7-9-18-20(11-14)26-19-10-13(12-23)6-8-17(19)22(18)16-5-3-2-4-15(16)21(24)27-22/h2-11,23H,12H2,1H3. The number of hydrogen-bond donors (Lipinski definition) is 1. The topological polar surface area (TPSA) is 65.0 Å². The summed E-state index contributed by atoms with van der Waals surface area (Å²) in [6.07, 6.45) is 0. The number of ether oxygens (including phenoxy) is 3. The van der Waals surface area contributed by atoms with Crippen molar-refractivity contribution >= 4 is 5.97 Å². The Morgan fingerprint density at radius 2 is 1.70 bits per heavy atom. The van der Waals surface area contributed by atoms with Crippen molar-refractivity contribution in [3.8, 4) is 17.2 Å². The molecule has 0 saturated carbocycles. The largest absolute Gasteiger partial charge is 0.497 e. The first kappa shape index (κ1) is 15.9. The molecule has 5 rings (SSSR count). The highest BCUT2D eigenvalue weighted by atomic mass is 16.6. The van der Waals surface area contributed by atoms with E-state index in [1.54, 1.807) is 25.3 Å². The van der Waals surface area contributed by atoms with Gasteiger partial charge >= 0.3 is 5.97 Å². The van der Waals surface area contributed by atoms with Gasteiger partial charge in [0.1, 0.15) is 17.2 Å². The molecule has 134 valence electrons. The van der Waals surface area contributed by atoms with Gasteiger partial charge in [-0.1, -0.05) is 30.3 Å². The van der Waals surface area contributed by atoms with E-state index in [4.69, 9.17) is 14.2 Å². The summed E-state index contributed by atoms with van der Waals surface area (Å²) < 4.78 is 17.5. The van der Waals surface area contributed by atoms with Crippen molar-refractivity contribution in [1.29, 1.82) is 0 Å². The van der Waals surface area contributed by atoms with E-state index >= 15 is 0 Å². The highest BCUT2D eigenvalue weighted by Gasteiger charge is 2.53. The lowest BCUT2D eigenvalue weighted by Crippen LogP contribution is -2.33. The SMILES string of the molecule is COc1ccc2c(c1)Oc1cc(CO)ccc1C21OC(=O)c2ccccc21. The molecule has 1 N–H and O–H groups in total. The van der Waals surface area contributed by atoms with Crippen molar-refractivity contribution < 1.29 is 24.1 Å². The minimum absolute atomic E-state index is 0.106. The molecule has 5 nitrogen and oxygen atoms in total. The molecule has 2 aliphatic heterocycles. The Kier molecular flexibility index (Phi) is 3.29. The molecule has 0 radical (unpaired) electrons. The first-order chi connectivity index (χ1) is 13.2. The maximum Gasteiger partial charge on any atom is 0.340 e. The monoisotopic (exact) mass is 360 g/mol. The summed E-state index contributed by atoms with van der Waals surface area (Å²) in [7, 11) is 1.59. The van der Waals surface area contributed by atoms with Gasteiger partial charge in [0.15, 0.2) is 5.60 Å². The molecule has 2 aliphatic rings. The Hall–Kier alpha value is -3.31. The summed E-state index contributed by atoms with van der Waals surface area (Å²) in [5.74, 6) is 1.38. The van der Waals surface area contributed by atoms with Gasteiger partial charge < -0.3 is 19.3 Å². The van der Waals surface area contributed by atoms with Crippen LogP contribution in [0, 0.1) is 0 Å². The molecule has 27 heavy (non-hydrogen) atoms. The van der Waals surface area contributed by atoms with Crippen LogP contribution in [0.5, 0.6) is 17.2 Å². The number of carbonyl (C=O) groups excluding carboxylic acids is 1. The molecular weight excluding hydrogens is 344 g/mol. The molecule has 3 aromatic rings. The van der Waals surface area contributed by atoms with Crippen LogP contribution < -0.4 is 9.47 Å². The summed E-state index contributed by atoms with van der Waals surface area (Å²) in [4.78, 5) is 12.7. The fourth-order valence-corrected chi connectivity index (χ4v) is 3.93. The third-order valence-electron chi connectivity index (χ3n) is 5.17. The van der Waals surface area contributed by atoms with E-state index in [0.717, 1.165) is 16.7 Å². The first-order valence-electron chi connectivity index (χ1n) is 8.61. The summed E-state index contributed by atoms with van der Waals surface area (Å²) in [6.45, 7) is -0.106. The minimum Gasteiger partial charge on any atom is -0.497 e. The third kappa shape index (κ3) is 2.06. The van der Waals surface area contributed by atoms with E-state index < -0.39 is 5.60 Å². The molecule has 1 unspecified atom stereocenters. The van der Waals surface area contributed by atoms with Crippen LogP contribution in [0.1, 0.15) is 32.6 Å². The molecule has 1 spiro atoms. The van der Waals surface area contributed by atoms with E-state index in [2.05, 4.69) is 0 Å². The molecule has 5 heteroatoms. The minimum atomic E-state index is -1.09. The molecule has 0 fully saturated rings. The van der Waals surface area contributed by atoms with Gasteiger partial charge in [-0.05, 0) is 29.8 Å². The van der Waals surface area contributed by atoms with Crippen LogP contribution in [0.3, 0.4) is 0 Å². The lowest BCUT2D eigenvalue weighted by molar-refractivity contribution is 0.0224. The van der Waals surface area contributed by atoms with Gasteiger partial charge in [-0.25, -0.2) is 4.79 Å². The number of rotatable bonds is 2. The van der Waals surface area contributed by atoms with Crippen molar-refractivity contribution in [1.82, 2.24) is 0 Å². The van der Waals surface area contributed by atoms with Crippen LogP contribution in [0.25, 0.3) is 0 Å². The second-order valence-corrected chi connectivity index (χ2v) is 6.57. The number of hydrogen-bond acceptors (Lipinski definition) is 5. The van der Waals surface area contributed by atoms with Gasteiger partial charge in [-0.15, -0.1) is 0 Å². The van der Waals surface area contributed by atoms with E-state index in [-0.39, 0.29) is 12.6 Å². The highest BCUT2D eigenvalue weighted by Crippen LogP contribution is 2.56.